The van der Waals surface area contributed by atoms with E-state index in [4.69, 9.17) is 5.73 Å². The second-order valence-electron chi connectivity index (χ2n) is 4.56. The van der Waals surface area contributed by atoms with Crippen molar-refractivity contribution in [3.63, 3.8) is 0 Å². The molecular formula is C13H15N3. The zero-order chi connectivity index (χ0) is 11.1. The predicted molar refractivity (Wildman–Crippen MR) is 64.5 cm³/mol. The van der Waals surface area contributed by atoms with Gasteiger partial charge < -0.3 is 5.73 Å². The van der Waals surface area contributed by atoms with Crippen LogP contribution in [0.5, 0.6) is 0 Å². The summed E-state index contributed by atoms with van der Waals surface area (Å²) in [5.41, 5.74) is 8.15. The Labute approximate surface area is 94.9 Å². The van der Waals surface area contributed by atoms with Gasteiger partial charge in [0.15, 0.2) is 0 Å². The minimum atomic E-state index is 0.618. The molecule has 16 heavy (non-hydrogen) atoms. The lowest BCUT2D eigenvalue weighted by Crippen LogP contribution is -2.01. The quantitative estimate of drug-likeness (QED) is 0.833. The van der Waals surface area contributed by atoms with Gasteiger partial charge in [0.05, 0.1) is 11.4 Å². The highest BCUT2D eigenvalue weighted by Crippen LogP contribution is 2.46. The number of nitrogens with zero attached hydrogens (tertiary/aromatic N) is 2. The number of nitrogens with two attached hydrogens (primary N) is 1. The van der Waals surface area contributed by atoms with Gasteiger partial charge in [0, 0.05) is 12.0 Å². The molecular weight excluding hydrogens is 198 g/mol. The van der Waals surface area contributed by atoms with E-state index in [1.807, 2.05) is 41.1 Å². The van der Waals surface area contributed by atoms with Gasteiger partial charge in [-0.3, -0.25) is 0 Å². The summed E-state index contributed by atoms with van der Waals surface area (Å²) in [5, 5.41) is 4.58. The van der Waals surface area contributed by atoms with Gasteiger partial charge in [-0.1, -0.05) is 25.1 Å². The lowest BCUT2D eigenvalue weighted by atomic mass is 10.2. The highest BCUT2D eigenvalue weighted by atomic mass is 15.3. The second-order valence-corrected chi connectivity index (χ2v) is 4.56. The fourth-order valence-electron chi connectivity index (χ4n) is 2.11. The molecule has 0 bridgehead atoms. The average Bonchev–Trinajstić information content (AvgIpc) is 2.89. The van der Waals surface area contributed by atoms with Crippen LogP contribution in [0, 0.1) is 5.92 Å². The van der Waals surface area contributed by atoms with Crippen LogP contribution in [0.2, 0.25) is 0 Å². The molecule has 0 saturated heterocycles. The molecule has 2 aromatic rings. The van der Waals surface area contributed by atoms with Crippen molar-refractivity contribution in [1.82, 2.24) is 9.78 Å². The van der Waals surface area contributed by atoms with Crippen molar-refractivity contribution in [2.24, 2.45) is 5.92 Å². The van der Waals surface area contributed by atoms with E-state index in [9.17, 15) is 0 Å². The van der Waals surface area contributed by atoms with Gasteiger partial charge in [0.25, 0.3) is 0 Å². The number of anilines is 1. The maximum atomic E-state index is 5.98. The zero-order valence-corrected chi connectivity index (χ0v) is 9.30. The number of nitrogen functional groups attached to an aromatic ring is 1. The van der Waals surface area contributed by atoms with E-state index in [0.717, 1.165) is 23.1 Å². The van der Waals surface area contributed by atoms with Crippen molar-refractivity contribution >= 4 is 5.82 Å². The molecule has 1 saturated carbocycles. The lowest BCUT2D eigenvalue weighted by molar-refractivity contribution is 0.816. The van der Waals surface area contributed by atoms with Crippen molar-refractivity contribution in [3.8, 4) is 5.69 Å². The first kappa shape index (κ1) is 9.46. The van der Waals surface area contributed by atoms with Crippen LogP contribution in [0.3, 0.4) is 0 Å². The summed E-state index contributed by atoms with van der Waals surface area (Å²) in [5.74, 6) is 2.10. The topological polar surface area (TPSA) is 43.8 Å². The van der Waals surface area contributed by atoms with Crippen LogP contribution in [-0.4, -0.2) is 9.78 Å². The van der Waals surface area contributed by atoms with Crippen molar-refractivity contribution in [1.29, 1.82) is 0 Å². The Morgan fingerprint density at radius 3 is 2.62 bits per heavy atom. The summed E-state index contributed by atoms with van der Waals surface area (Å²) >= 11 is 0. The van der Waals surface area contributed by atoms with Gasteiger partial charge in [-0.05, 0) is 24.5 Å². The number of benzene rings is 1. The molecule has 1 aromatic heterocycles. The summed E-state index contributed by atoms with van der Waals surface area (Å²) in [4.78, 5) is 0. The largest absolute Gasteiger partial charge is 0.384 e. The Bertz CT molecular complexity index is 501. The summed E-state index contributed by atoms with van der Waals surface area (Å²) in [6, 6.07) is 12.0. The molecule has 0 unspecified atom stereocenters. The Balaban J connectivity index is 1.99. The summed E-state index contributed by atoms with van der Waals surface area (Å²) in [6.45, 7) is 2.25. The van der Waals surface area contributed by atoms with Crippen LogP contribution in [0.1, 0.15) is 25.0 Å². The van der Waals surface area contributed by atoms with E-state index in [1.165, 1.54) is 6.42 Å². The molecule has 2 N–H and O–H groups in total. The third-order valence-electron chi connectivity index (χ3n) is 3.25. The average molecular weight is 213 g/mol. The van der Waals surface area contributed by atoms with Gasteiger partial charge >= 0.3 is 0 Å². The monoisotopic (exact) mass is 213 g/mol. The standard InChI is InChI=1S/C13H15N3/c1-9-7-11(9)12-8-13(14)16(15-12)10-5-3-2-4-6-10/h2-6,8-9,11H,7,14H2,1H3/t9-,11+/m0/s1. The first-order chi connectivity index (χ1) is 7.75. The van der Waals surface area contributed by atoms with Crippen LogP contribution >= 0.6 is 0 Å². The molecule has 0 spiro atoms. The Morgan fingerprint density at radius 1 is 1.31 bits per heavy atom. The molecule has 1 aliphatic carbocycles. The maximum Gasteiger partial charge on any atom is 0.127 e. The molecule has 1 fully saturated rings. The molecule has 82 valence electrons. The number of rotatable bonds is 2. The molecule has 3 heteroatoms. The smallest absolute Gasteiger partial charge is 0.127 e. The van der Waals surface area contributed by atoms with Gasteiger partial charge in [-0.25, -0.2) is 4.68 Å². The molecule has 0 radical (unpaired) electrons. The van der Waals surface area contributed by atoms with Gasteiger partial charge in [0.2, 0.25) is 0 Å². The van der Waals surface area contributed by atoms with Crippen molar-refractivity contribution in [2.45, 2.75) is 19.3 Å². The van der Waals surface area contributed by atoms with Crippen LogP contribution < -0.4 is 5.73 Å². The van der Waals surface area contributed by atoms with Crippen LogP contribution in [-0.2, 0) is 0 Å². The van der Waals surface area contributed by atoms with E-state index in [-0.39, 0.29) is 0 Å². The van der Waals surface area contributed by atoms with Crippen LogP contribution in [0.25, 0.3) is 5.69 Å². The molecule has 3 rings (SSSR count). The minimum Gasteiger partial charge on any atom is -0.384 e. The second kappa shape index (κ2) is 3.37. The van der Waals surface area contributed by atoms with Crippen LogP contribution in [0.15, 0.2) is 36.4 Å². The Hall–Kier alpha value is -1.77. The maximum absolute atomic E-state index is 5.98. The molecule has 2 atom stereocenters. The van der Waals surface area contributed by atoms with E-state index >= 15 is 0 Å². The Morgan fingerprint density at radius 2 is 2.00 bits per heavy atom. The normalized spacial score (nSPS) is 23.3. The lowest BCUT2D eigenvalue weighted by Gasteiger charge is -2.02. The van der Waals surface area contributed by atoms with Gasteiger partial charge in [0.1, 0.15) is 5.82 Å². The third-order valence-corrected chi connectivity index (χ3v) is 3.25. The molecule has 1 heterocycles. The number of aromatic nitrogens is 2. The molecule has 1 aliphatic rings. The van der Waals surface area contributed by atoms with E-state index in [0.29, 0.717) is 5.92 Å². The summed E-state index contributed by atoms with van der Waals surface area (Å²) in [7, 11) is 0. The first-order valence-corrected chi connectivity index (χ1v) is 5.66. The number of para-hydroxylation sites is 1. The van der Waals surface area contributed by atoms with Crippen molar-refractivity contribution in [2.75, 3.05) is 5.73 Å². The van der Waals surface area contributed by atoms with Crippen LogP contribution in [0.4, 0.5) is 5.82 Å². The Kier molecular flexibility index (Phi) is 1.99. The number of hydrogen-bond acceptors (Lipinski definition) is 2. The van der Waals surface area contributed by atoms with E-state index < -0.39 is 0 Å². The first-order valence-electron chi connectivity index (χ1n) is 5.66. The minimum absolute atomic E-state index is 0.618. The van der Waals surface area contributed by atoms with Gasteiger partial charge in [-0.15, -0.1) is 0 Å². The molecule has 0 aliphatic heterocycles. The highest BCUT2D eigenvalue weighted by Gasteiger charge is 2.36. The van der Waals surface area contributed by atoms with Gasteiger partial charge in [-0.2, -0.15) is 5.10 Å². The zero-order valence-electron chi connectivity index (χ0n) is 9.30. The number of hydrogen-bond donors (Lipinski definition) is 1. The fourth-order valence-corrected chi connectivity index (χ4v) is 2.11. The highest BCUT2D eigenvalue weighted by molar-refractivity contribution is 5.44. The van der Waals surface area contributed by atoms with E-state index in [2.05, 4.69) is 12.0 Å². The van der Waals surface area contributed by atoms with E-state index in [1.54, 1.807) is 0 Å². The molecule has 1 aromatic carbocycles. The molecule has 3 nitrogen and oxygen atoms in total. The summed E-state index contributed by atoms with van der Waals surface area (Å²) in [6.07, 6.45) is 1.24. The summed E-state index contributed by atoms with van der Waals surface area (Å²) < 4.78 is 1.82. The molecule has 0 amide bonds. The SMILES string of the molecule is C[C@H]1C[C@H]1c1cc(N)n(-c2ccccc2)n1. The van der Waals surface area contributed by atoms with Crippen molar-refractivity contribution < 1.29 is 0 Å². The third kappa shape index (κ3) is 1.48. The van der Waals surface area contributed by atoms with Crippen molar-refractivity contribution in [3.05, 3.63) is 42.1 Å². The predicted octanol–water partition coefficient (Wildman–Crippen LogP) is 2.58. The fraction of sp³-hybridized carbons (Fsp3) is 0.308.